The van der Waals surface area contributed by atoms with Crippen molar-refractivity contribution in [2.24, 2.45) is 0 Å². The first-order chi connectivity index (χ1) is 12.2. The fourth-order valence-corrected chi connectivity index (χ4v) is 5.04. The van der Waals surface area contributed by atoms with Gasteiger partial charge in [0, 0.05) is 30.5 Å². The summed E-state index contributed by atoms with van der Waals surface area (Å²) in [6, 6.07) is 4.85. The van der Waals surface area contributed by atoms with Gasteiger partial charge >= 0.3 is 6.09 Å². The Morgan fingerprint density at radius 3 is 2.96 bits per heavy atom. The minimum absolute atomic E-state index is 0.0474. The van der Waals surface area contributed by atoms with Crippen LogP contribution >= 0.6 is 23.1 Å². The Morgan fingerprint density at radius 1 is 1.50 bits per heavy atom. The summed E-state index contributed by atoms with van der Waals surface area (Å²) in [4.78, 5) is 29.1. The molecule has 1 aromatic heterocycles. The number of benzene rings is 1. The lowest BCUT2D eigenvalue weighted by atomic mass is 10.2. The molecule has 1 amide bonds. The van der Waals surface area contributed by atoms with Crippen LogP contribution in [0.1, 0.15) is 33.6 Å². The first-order valence-corrected chi connectivity index (χ1v) is 10.2. The topological polar surface area (TPSA) is 85.6 Å². The lowest BCUT2D eigenvalue weighted by molar-refractivity contribution is -0.384. The molecule has 1 aliphatic rings. The molecular weight excluding hydrogens is 374 g/mol. The van der Waals surface area contributed by atoms with E-state index in [9.17, 15) is 14.9 Å². The number of hydrogen-bond donors (Lipinski definition) is 0. The van der Waals surface area contributed by atoms with Crippen LogP contribution in [0.3, 0.4) is 0 Å². The average molecular weight is 396 g/mol. The minimum atomic E-state index is -0.501. The van der Waals surface area contributed by atoms with Gasteiger partial charge in [-0.3, -0.25) is 10.1 Å². The molecule has 1 aromatic carbocycles. The molecule has 7 nitrogen and oxygen atoms in total. The number of carbonyl (C=O) groups is 1. The normalized spacial score (nSPS) is 17.7. The molecule has 26 heavy (non-hydrogen) atoms. The maximum absolute atomic E-state index is 12.3. The number of nitro groups is 1. The number of amides is 1. The van der Waals surface area contributed by atoms with E-state index in [1.807, 2.05) is 20.8 Å². The molecule has 1 unspecified atom stereocenters. The maximum atomic E-state index is 12.3. The fourth-order valence-electron chi connectivity index (χ4n) is 2.81. The molecule has 2 aromatic rings. The second-order valence-corrected chi connectivity index (χ2v) is 9.47. The minimum Gasteiger partial charge on any atom is -0.444 e. The van der Waals surface area contributed by atoms with Crippen molar-refractivity contribution in [3.8, 4) is 0 Å². The van der Waals surface area contributed by atoms with Crippen molar-refractivity contribution in [2.75, 3.05) is 12.3 Å². The molecule has 0 bridgehead atoms. The number of carbonyl (C=O) groups excluding carboxylic acids is 1. The van der Waals surface area contributed by atoms with E-state index in [1.54, 1.807) is 22.7 Å². The Hall–Kier alpha value is -1.87. The summed E-state index contributed by atoms with van der Waals surface area (Å²) in [5.41, 5.74) is 0.187. The van der Waals surface area contributed by atoms with Crippen LogP contribution in [0.15, 0.2) is 22.5 Å². The van der Waals surface area contributed by atoms with E-state index >= 15 is 0 Å². The zero-order valence-electron chi connectivity index (χ0n) is 14.9. The second kappa shape index (κ2) is 7.40. The molecule has 0 saturated carbocycles. The highest BCUT2D eigenvalue weighted by molar-refractivity contribution is 8.01. The van der Waals surface area contributed by atoms with Gasteiger partial charge in [-0.15, -0.1) is 11.3 Å². The van der Waals surface area contributed by atoms with E-state index in [-0.39, 0.29) is 17.8 Å². The van der Waals surface area contributed by atoms with Crippen molar-refractivity contribution in [3.05, 3.63) is 28.3 Å². The summed E-state index contributed by atoms with van der Waals surface area (Å²) in [6.45, 7) is 6.31. The van der Waals surface area contributed by atoms with Gasteiger partial charge < -0.3 is 9.64 Å². The molecule has 140 valence electrons. The zero-order valence-corrected chi connectivity index (χ0v) is 16.6. The molecular formula is C17H21N3O4S2. The third kappa shape index (κ3) is 4.45. The van der Waals surface area contributed by atoms with E-state index in [1.165, 1.54) is 23.5 Å². The number of nitro benzene ring substituents is 1. The van der Waals surface area contributed by atoms with Gasteiger partial charge in [-0.25, -0.2) is 9.78 Å². The lowest BCUT2D eigenvalue weighted by Crippen LogP contribution is -2.40. The number of non-ortho nitro benzene ring substituents is 1. The number of fused-ring (bicyclic) bond motifs is 1. The van der Waals surface area contributed by atoms with Crippen LogP contribution in [-0.2, 0) is 4.74 Å². The molecule has 1 aliphatic heterocycles. The standard InChI is InChI=1S/C17H21N3O4S2/c1-17(2,3)24-16(21)19-8-4-5-12(19)10-25-15-18-13-9-11(20(22)23)6-7-14(13)26-15/h6-7,9,12H,4-5,8,10H2,1-3H3. The first kappa shape index (κ1) is 18.9. The zero-order chi connectivity index (χ0) is 18.9. The van der Waals surface area contributed by atoms with Crippen LogP contribution in [0.2, 0.25) is 0 Å². The smallest absolute Gasteiger partial charge is 0.410 e. The fraction of sp³-hybridized carbons (Fsp3) is 0.529. The third-order valence-corrected chi connectivity index (χ3v) is 6.29. The predicted octanol–water partition coefficient (Wildman–Crippen LogP) is 4.70. The molecule has 0 aliphatic carbocycles. The molecule has 1 atom stereocenters. The summed E-state index contributed by atoms with van der Waals surface area (Å²) in [5.74, 6) is 0.737. The number of rotatable bonds is 4. The van der Waals surface area contributed by atoms with Crippen molar-refractivity contribution >= 4 is 45.1 Å². The van der Waals surface area contributed by atoms with E-state index in [4.69, 9.17) is 4.74 Å². The van der Waals surface area contributed by atoms with Gasteiger partial charge in [-0.2, -0.15) is 0 Å². The molecule has 0 N–H and O–H groups in total. The summed E-state index contributed by atoms with van der Waals surface area (Å²) in [5, 5.41) is 10.9. The van der Waals surface area contributed by atoms with E-state index in [0.29, 0.717) is 12.1 Å². The highest BCUT2D eigenvalue weighted by atomic mass is 32.2. The van der Waals surface area contributed by atoms with Crippen LogP contribution in [0.4, 0.5) is 10.5 Å². The second-order valence-electron chi connectivity index (χ2n) is 7.17. The number of thiazole rings is 1. The molecule has 9 heteroatoms. The Balaban J connectivity index is 1.65. The van der Waals surface area contributed by atoms with Crippen LogP contribution in [0.25, 0.3) is 10.2 Å². The molecule has 1 saturated heterocycles. The van der Waals surface area contributed by atoms with Crippen LogP contribution in [0.5, 0.6) is 0 Å². The van der Waals surface area contributed by atoms with Gasteiger partial charge in [0.1, 0.15) is 5.60 Å². The van der Waals surface area contributed by atoms with Gasteiger partial charge in [-0.05, 0) is 39.7 Å². The Morgan fingerprint density at radius 2 is 2.27 bits per heavy atom. The molecule has 1 fully saturated rings. The maximum Gasteiger partial charge on any atom is 0.410 e. The number of nitrogens with zero attached hydrogens (tertiary/aromatic N) is 3. The van der Waals surface area contributed by atoms with Crippen molar-refractivity contribution < 1.29 is 14.5 Å². The highest BCUT2D eigenvalue weighted by Crippen LogP contribution is 2.33. The summed E-state index contributed by atoms with van der Waals surface area (Å²) in [7, 11) is 0. The lowest BCUT2D eigenvalue weighted by Gasteiger charge is -2.28. The van der Waals surface area contributed by atoms with Crippen LogP contribution < -0.4 is 0 Å². The molecule has 0 spiro atoms. The van der Waals surface area contributed by atoms with Gasteiger partial charge in [0.2, 0.25) is 0 Å². The molecule has 2 heterocycles. The monoisotopic (exact) mass is 395 g/mol. The van der Waals surface area contributed by atoms with Gasteiger partial charge in [0.15, 0.2) is 4.34 Å². The van der Waals surface area contributed by atoms with E-state index in [2.05, 4.69) is 4.98 Å². The average Bonchev–Trinajstić information content (AvgIpc) is 3.16. The summed E-state index contributed by atoms with van der Waals surface area (Å²) < 4.78 is 7.27. The third-order valence-electron chi connectivity index (χ3n) is 3.97. The van der Waals surface area contributed by atoms with Gasteiger partial charge in [-0.1, -0.05) is 11.8 Å². The quantitative estimate of drug-likeness (QED) is 0.424. The molecule has 0 radical (unpaired) electrons. The van der Waals surface area contributed by atoms with Crippen molar-refractivity contribution in [3.63, 3.8) is 0 Å². The number of aromatic nitrogens is 1. The van der Waals surface area contributed by atoms with Crippen molar-refractivity contribution in [2.45, 2.75) is 49.6 Å². The Kier molecular flexibility index (Phi) is 5.38. The van der Waals surface area contributed by atoms with Crippen molar-refractivity contribution in [1.29, 1.82) is 0 Å². The Labute approximate surface area is 159 Å². The van der Waals surface area contributed by atoms with E-state index in [0.717, 1.165) is 27.6 Å². The van der Waals surface area contributed by atoms with Gasteiger partial charge in [0.25, 0.3) is 5.69 Å². The summed E-state index contributed by atoms with van der Waals surface area (Å²) in [6.07, 6.45) is 1.65. The number of likely N-dealkylation sites (tertiary alicyclic amines) is 1. The largest absolute Gasteiger partial charge is 0.444 e. The molecule has 3 rings (SSSR count). The Bertz CT molecular complexity index is 831. The predicted molar refractivity (Wildman–Crippen MR) is 103 cm³/mol. The van der Waals surface area contributed by atoms with Crippen LogP contribution in [-0.4, -0.2) is 44.8 Å². The van der Waals surface area contributed by atoms with Gasteiger partial charge in [0.05, 0.1) is 15.1 Å². The highest BCUT2D eigenvalue weighted by Gasteiger charge is 2.32. The van der Waals surface area contributed by atoms with Crippen LogP contribution in [0, 0.1) is 10.1 Å². The van der Waals surface area contributed by atoms with E-state index < -0.39 is 10.5 Å². The SMILES string of the molecule is CC(C)(C)OC(=O)N1CCCC1CSc1nc2cc([N+](=O)[O-])ccc2s1. The number of hydrogen-bond acceptors (Lipinski definition) is 7. The number of ether oxygens (including phenoxy) is 1. The number of thioether (sulfide) groups is 1. The van der Waals surface area contributed by atoms with Crippen molar-refractivity contribution in [1.82, 2.24) is 9.88 Å². The summed E-state index contributed by atoms with van der Waals surface area (Å²) >= 11 is 3.10. The first-order valence-electron chi connectivity index (χ1n) is 8.40.